The molecule has 4 aromatic rings. The number of thiazole rings is 1. The second-order valence-electron chi connectivity index (χ2n) is 6.40. The largest absolute Gasteiger partial charge is 0.298 e. The first kappa shape index (κ1) is 19.2. The third kappa shape index (κ3) is 3.52. The molecule has 0 saturated heterocycles. The molecule has 3 heterocycles. The normalized spacial score (nSPS) is 11.8. The van der Waals surface area contributed by atoms with E-state index < -0.39 is 21.3 Å². The molecule has 0 bridgehead atoms. The van der Waals surface area contributed by atoms with Crippen molar-refractivity contribution in [1.29, 1.82) is 0 Å². The fourth-order valence-electron chi connectivity index (χ4n) is 3.02. The molecule has 0 unspecified atom stereocenters. The average molecular weight is 428 g/mol. The molecule has 0 spiro atoms. The number of aryl methyl sites for hydroxylation is 1. The molecule has 10 heteroatoms. The average Bonchev–Trinajstić information content (AvgIpc) is 3.08. The van der Waals surface area contributed by atoms with E-state index in [1.807, 2.05) is 6.92 Å². The Balaban J connectivity index is 1.73. The number of nitrogens with zero attached hydrogens (tertiary/aromatic N) is 3. The smallest absolute Gasteiger partial charge is 0.265 e. The van der Waals surface area contributed by atoms with Gasteiger partial charge in [-0.05, 0) is 43.3 Å². The molecule has 0 radical (unpaired) electrons. The summed E-state index contributed by atoms with van der Waals surface area (Å²) < 4.78 is 25.5. The highest BCUT2D eigenvalue weighted by Crippen LogP contribution is 2.28. The zero-order chi connectivity index (χ0) is 20.8. The Bertz CT molecular complexity index is 1440. The Morgan fingerprint density at radius 2 is 2.03 bits per heavy atom. The lowest BCUT2D eigenvalue weighted by atomic mass is 10.2. The van der Waals surface area contributed by atoms with Crippen LogP contribution in [0.15, 0.2) is 52.3 Å². The van der Waals surface area contributed by atoms with Crippen molar-refractivity contribution in [3.63, 3.8) is 0 Å². The fraction of sp³-hybridized carbons (Fsp3) is 0.158. The lowest BCUT2D eigenvalue weighted by molar-refractivity contribution is 0.102. The first-order valence-electron chi connectivity index (χ1n) is 8.68. The lowest BCUT2D eigenvalue weighted by Crippen LogP contribution is -2.29. The molecular formula is C19H16N4O4S2. The number of carbonyl (C=O) groups excluding carboxylic acids is 1. The summed E-state index contributed by atoms with van der Waals surface area (Å²) in [5.74, 6) is -0.578. The van der Waals surface area contributed by atoms with Crippen molar-refractivity contribution in [3.8, 4) is 0 Å². The van der Waals surface area contributed by atoms with Gasteiger partial charge >= 0.3 is 0 Å². The van der Waals surface area contributed by atoms with Gasteiger partial charge < -0.3 is 0 Å². The van der Waals surface area contributed by atoms with Crippen molar-refractivity contribution >= 4 is 53.5 Å². The van der Waals surface area contributed by atoms with Gasteiger partial charge in [0.25, 0.3) is 11.5 Å². The van der Waals surface area contributed by atoms with Crippen LogP contribution in [0.25, 0.3) is 21.3 Å². The number of anilines is 1. The van der Waals surface area contributed by atoms with Gasteiger partial charge in [0.1, 0.15) is 11.2 Å². The monoisotopic (exact) mass is 428 g/mol. The number of nitrogens with one attached hydrogen (secondary N) is 1. The zero-order valence-electron chi connectivity index (χ0n) is 15.5. The van der Waals surface area contributed by atoms with Crippen molar-refractivity contribution in [2.45, 2.75) is 18.4 Å². The van der Waals surface area contributed by atoms with Gasteiger partial charge in [0.15, 0.2) is 15.0 Å². The summed E-state index contributed by atoms with van der Waals surface area (Å²) in [5.41, 5.74) is 0.635. The highest BCUT2D eigenvalue weighted by atomic mass is 32.2. The van der Waals surface area contributed by atoms with Gasteiger partial charge in [-0.25, -0.2) is 18.4 Å². The Labute approximate surface area is 169 Å². The predicted molar refractivity (Wildman–Crippen MR) is 112 cm³/mol. The molecule has 29 heavy (non-hydrogen) atoms. The van der Waals surface area contributed by atoms with Crippen molar-refractivity contribution in [2.75, 3.05) is 11.6 Å². The minimum Gasteiger partial charge on any atom is -0.298 e. The van der Waals surface area contributed by atoms with Gasteiger partial charge in [-0.3, -0.25) is 19.5 Å². The van der Waals surface area contributed by atoms with E-state index in [-0.39, 0.29) is 15.6 Å². The number of carbonyl (C=O) groups is 1. The third-order valence-electron chi connectivity index (χ3n) is 4.42. The van der Waals surface area contributed by atoms with Gasteiger partial charge in [-0.15, -0.1) is 0 Å². The van der Waals surface area contributed by atoms with Crippen molar-refractivity contribution < 1.29 is 13.2 Å². The molecule has 0 saturated carbocycles. The standard InChI is InChI=1S/C19H16N4O4S2/c1-3-23-16-11(5-4-8-20-16)9-13(18(23)25)17(24)22-19-21-14-7-6-12(29(2,26)27)10-15(14)28-19/h4-10H,3H2,1-2H3,(H,21,22,24). The van der Waals surface area contributed by atoms with E-state index in [0.29, 0.717) is 27.8 Å². The highest BCUT2D eigenvalue weighted by molar-refractivity contribution is 7.90. The number of rotatable bonds is 4. The number of pyridine rings is 2. The molecule has 0 aliphatic heterocycles. The number of aromatic nitrogens is 3. The van der Waals surface area contributed by atoms with Crippen LogP contribution in [0.5, 0.6) is 0 Å². The number of hydrogen-bond acceptors (Lipinski definition) is 7. The molecule has 8 nitrogen and oxygen atoms in total. The van der Waals surface area contributed by atoms with Crippen LogP contribution in [-0.2, 0) is 16.4 Å². The molecule has 4 rings (SSSR count). The summed E-state index contributed by atoms with van der Waals surface area (Å²) in [4.78, 5) is 34.2. The molecule has 1 amide bonds. The second-order valence-corrected chi connectivity index (χ2v) is 9.44. The highest BCUT2D eigenvalue weighted by Gasteiger charge is 2.18. The first-order valence-corrected chi connectivity index (χ1v) is 11.4. The number of benzene rings is 1. The van der Waals surface area contributed by atoms with E-state index >= 15 is 0 Å². The van der Waals surface area contributed by atoms with Crippen LogP contribution in [0.1, 0.15) is 17.3 Å². The van der Waals surface area contributed by atoms with Crippen LogP contribution >= 0.6 is 11.3 Å². The Kier molecular flexibility index (Phi) is 4.67. The Morgan fingerprint density at radius 1 is 1.24 bits per heavy atom. The van der Waals surface area contributed by atoms with Crippen molar-refractivity contribution in [3.05, 3.63) is 58.5 Å². The van der Waals surface area contributed by atoms with Gasteiger partial charge in [0.05, 0.1) is 15.1 Å². The van der Waals surface area contributed by atoms with E-state index in [4.69, 9.17) is 0 Å². The minimum absolute atomic E-state index is 0.0107. The fourth-order valence-corrected chi connectivity index (χ4v) is 4.64. The molecule has 148 valence electrons. The van der Waals surface area contributed by atoms with E-state index in [0.717, 1.165) is 17.6 Å². The summed E-state index contributed by atoms with van der Waals surface area (Å²) in [6.45, 7) is 2.19. The van der Waals surface area contributed by atoms with Crippen LogP contribution in [0.2, 0.25) is 0 Å². The molecule has 1 N–H and O–H groups in total. The third-order valence-corrected chi connectivity index (χ3v) is 6.46. The van der Waals surface area contributed by atoms with E-state index in [1.54, 1.807) is 24.4 Å². The topological polar surface area (TPSA) is 111 Å². The van der Waals surface area contributed by atoms with E-state index in [2.05, 4.69) is 15.3 Å². The number of hydrogen-bond donors (Lipinski definition) is 1. The predicted octanol–water partition coefficient (Wildman–Crippen LogP) is 2.68. The lowest BCUT2D eigenvalue weighted by Gasteiger charge is -2.09. The number of fused-ring (bicyclic) bond motifs is 2. The quantitative estimate of drug-likeness (QED) is 0.535. The van der Waals surface area contributed by atoms with Gasteiger partial charge in [0, 0.05) is 24.4 Å². The maximum Gasteiger partial charge on any atom is 0.265 e. The maximum absolute atomic E-state index is 12.8. The first-order chi connectivity index (χ1) is 13.8. The number of amides is 1. The molecule has 0 aliphatic carbocycles. The molecule has 3 aromatic heterocycles. The SMILES string of the molecule is CCn1c(=O)c(C(=O)Nc2nc3ccc(S(C)(=O)=O)cc3s2)cc2cccnc21. The summed E-state index contributed by atoms with van der Waals surface area (Å²) in [5, 5.41) is 3.61. The van der Waals surface area contributed by atoms with Crippen LogP contribution < -0.4 is 10.9 Å². The Hall–Kier alpha value is -3.11. The van der Waals surface area contributed by atoms with Crippen LogP contribution in [0.3, 0.4) is 0 Å². The van der Waals surface area contributed by atoms with Crippen LogP contribution in [0, 0.1) is 0 Å². The second kappa shape index (κ2) is 7.05. The van der Waals surface area contributed by atoms with Gasteiger partial charge in [0.2, 0.25) is 0 Å². The van der Waals surface area contributed by atoms with Crippen molar-refractivity contribution in [1.82, 2.24) is 14.5 Å². The maximum atomic E-state index is 12.8. The minimum atomic E-state index is -3.34. The molecule has 0 fully saturated rings. The Morgan fingerprint density at radius 3 is 2.76 bits per heavy atom. The summed E-state index contributed by atoms with van der Waals surface area (Å²) in [6, 6.07) is 9.62. The molecule has 1 aromatic carbocycles. The van der Waals surface area contributed by atoms with Gasteiger partial charge in [-0.2, -0.15) is 0 Å². The molecule has 0 atom stereocenters. The van der Waals surface area contributed by atoms with Crippen LogP contribution in [0.4, 0.5) is 5.13 Å². The number of sulfone groups is 1. The summed E-state index contributed by atoms with van der Waals surface area (Å²) in [6.07, 6.45) is 2.73. The van der Waals surface area contributed by atoms with Gasteiger partial charge in [-0.1, -0.05) is 11.3 Å². The molecule has 0 aliphatic rings. The summed E-state index contributed by atoms with van der Waals surface area (Å²) in [7, 11) is -3.34. The molecular weight excluding hydrogens is 412 g/mol. The van der Waals surface area contributed by atoms with Crippen molar-refractivity contribution in [2.24, 2.45) is 0 Å². The summed E-state index contributed by atoms with van der Waals surface area (Å²) >= 11 is 1.14. The zero-order valence-corrected chi connectivity index (χ0v) is 17.2. The van der Waals surface area contributed by atoms with E-state index in [1.165, 1.54) is 22.8 Å². The van der Waals surface area contributed by atoms with Crippen LogP contribution in [-0.4, -0.2) is 35.1 Å². The van der Waals surface area contributed by atoms with E-state index in [9.17, 15) is 18.0 Å².